The molecule has 0 aromatic heterocycles. The van der Waals surface area contributed by atoms with Gasteiger partial charge in [0.1, 0.15) is 0 Å². The van der Waals surface area contributed by atoms with Crippen LogP contribution in [-0.4, -0.2) is 14.2 Å². The molecule has 0 aliphatic carbocycles. The zero-order chi connectivity index (χ0) is 16.7. The van der Waals surface area contributed by atoms with Crippen molar-refractivity contribution < 1.29 is 14.2 Å². The Labute approximate surface area is 135 Å². The van der Waals surface area contributed by atoms with Crippen LogP contribution in [0.3, 0.4) is 0 Å². The Balaban J connectivity index is 2.36. The Morgan fingerprint density at radius 2 is 1.61 bits per heavy atom. The van der Waals surface area contributed by atoms with Crippen LogP contribution in [0.4, 0.5) is 0 Å². The van der Waals surface area contributed by atoms with Crippen LogP contribution in [0.2, 0.25) is 0 Å². The molecule has 0 spiro atoms. The van der Waals surface area contributed by atoms with E-state index < -0.39 is 0 Å². The fourth-order valence-electron chi connectivity index (χ4n) is 2.11. The maximum Gasteiger partial charge on any atom is 0.239 e. The molecule has 0 fully saturated rings. The van der Waals surface area contributed by atoms with Gasteiger partial charge in [-0.1, -0.05) is 6.07 Å². The van der Waals surface area contributed by atoms with Gasteiger partial charge >= 0.3 is 0 Å². The van der Waals surface area contributed by atoms with Gasteiger partial charge in [-0.2, -0.15) is 5.26 Å². The second kappa shape index (κ2) is 7.72. The van der Waals surface area contributed by atoms with Crippen molar-refractivity contribution in [3.05, 3.63) is 58.9 Å². The van der Waals surface area contributed by atoms with Crippen molar-refractivity contribution >= 4 is 0 Å². The predicted octanol–water partition coefficient (Wildman–Crippen LogP) is 3.98. The van der Waals surface area contributed by atoms with E-state index in [0.717, 1.165) is 11.1 Å². The van der Waals surface area contributed by atoms with Crippen molar-refractivity contribution in [2.45, 2.75) is 13.0 Å². The largest absolute Gasteiger partial charge is 0.493 e. The van der Waals surface area contributed by atoms with E-state index in [1.54, 1.807) is 38.5 Å². The van der Waals surface area contributed by atoms with Crippen LogP contribution in [-0.2, 0) is 13.0 Å². The summed E-state index contributed by atoms with van der Waals surface area (Å²) in [5.74, 6) is 2.14. The molecule has 0 saturated heterocycles. The Hall–Kier alpha value is -3.18. The summed E-state index contributed by atoms with van der Waals surface area (Å²) in [6.45, 7) is 7.24. The van der Waals surface area contributed by atoms with E-state index in [4.69, 9.17) is 26.0 Å². The highest BCUT2D eigenvalue weighted by atomic mass is 16.5. The summed E-state index contributed by atoms with van der Waals surface area (Å²) in [4.78, 5) is 3.37. The maximum absolute atomic E-state index is 8.77. The standard InChI is InChI=1S/C18H16N2O3/c1-20-12-14-5-6-15(21-2)18(11-14)23-16-7-4-13(8-9-19)10-17(16)22-3/h4-7,10-11H,8,12H2,2-3H3. The number of nitrogens with zero attached hydrogens (tertiary/aromatic N) is 2. The molecule has 0 atom stereocenters. The first-order valence-electron chi connectivity index (χ1n) is 6.93. The Morgan fingerprint density at radius 3 is 2.26 bits per heavy atom. The van der Waals surface area contributed by atoms with Crippen LogP contribution in [0.5, 0.6) is 23.0 Å². The lowest BCUT2D eigenvalue weighted by atomic mass is 10.1. The molecule has 116 valence electrons. The average molecular weight is 308 g/mol. The predicted molar refractivity (Wildman–Crippen MR) is 85.7 cm³/mol. The summed E-state index contributed by atoms with van der Waals surface area (Å²) in [5.41, 5.74) is 1.70. The summed E-state index contributed by atoms with van der Waals surface area (Å²) in [6.07, 6.45) is 0.306. The first kappa shape index (κ1) is 16.2. The molecule has 2 aromatic carbocycles. The second-order valence-corrected chi connectivity index (χ2v) is 4.72. The van der Waals surface area contributed by atoms with Crippen LogP contribution < -0.4 is 14.2 Å². The molecule has 2 aromatic rings. The van der Waals surface area contributed by atoms with Gasteiger partial charge in [0.15, 0.2) is 23.0 Å². The highest BCUT2D eigenvalue weighted by molar-refractivity contribution is 5.50. The molecule has 0 amide bonds. The molecule has 0 unspecified atom stereocenters. The lowest BCUT2D eigenvalue weighted by Gasteiger charge is -2.14. The van der Waals surface area contributed by atoms with Crippen LogP contribution in [0.15, 0.2) is 36.4 Å². The Morgan fingerprint density at radius 1 is 0.957 bits per heavy atom. The number of hydrogen-bond acceptors (Lipinski definition) is 4. The third kappa shape index (κ3) is 3.93. The number of ether oxygens (including phenoxy) is 3. The summed E-state index contributed by atoms with van der Waals surface area (Å²) in [7, 11) is 3.11. The van der Waals surface area contributed by atoms with Gasteiger partial charge in [-0.3, -0.25) is 0 Å². The van der Waals surface area contributed by atoms with E-state index >= 15 is 0 Å². The van der Waals surface area contributed by atoms with Crippen LogP contribution in [0, 0.1) is 17.9 Å². The topological polar surface area (TPSA) is 55.8 Å². The molecule has 0 N–H and O–H groups in total. The van der Waals surface area contributed by atoms with Gasteiger partial charge in [-0.25, -0.2) is 6.57 Å². The molecule has 23 heavy (non-hydrogen) atoms. The number of benzene rings is 2. The van der Waals surface area contributed by atoms with Gasteiger partial charge < -0.3 is 19.1 Å². The highest BCUT2D eigenvalue weighted by Gasteiger charge is 2.12. The van der Waals surface area contributed by atoms with Crippen molar-refractivity contribution in [3.63, 3.8) is 0 Å². The van der Waals surface area contributed by atoms with Gasteiger partial charge in [0.25, 0.3) is 0 Å². The third-order valence-electron chi connectivity index (χ3n) is 3.22. The molecule has 5 nitrogen and oxygen atoms in total. The number of methoxy groups -OCH3 is 2. The van der Waals surface area contributed by atoms with Crippen molar-refractivity contribution in [2.24, 2.45) is 0 Å². The first-order valence-corrected chi connectivity index (χ1v) is 6.93. The molecule has 0 heterocycles. The number of nitriles is 1. The second-order valence-electron chi connectivity index (χ2n) is 4.72. The lowest BCUT2D eigenvalue weighted by Crippen LogP contribution is -1.95. The summed E-state index contributed by atoms with van der Waals surface area (Å²) < 4.78 is 16.5. The monoisotopic (exact) mass is 308 g/mol. The molecule has 5 heteroatoms. The summed E-state index contributed by atoms with van der Waals surface area (Å²) in [5, 5.41) is 8.77. The summed E-state index contributed by atoms with van der Waals surface area (Å²) in [6, 6.07) is 12.8. The molecule has 0 radical (unpaired) electrons. The minimum absolute atomic E-state index is 0.276. The molecular formula is C18H16N2O3. The van der Waals surface area contributed by atoms with Crippen molar-refractivity contribution in [1.29, 1.82) is 5.26 Å². The molecule has 0 aliphatic heterocycles. The molecule has 0 saturated carbocycles. The smallest absolute Gasteiger partial charge is 0.239 e. The van der Waals surface area contributed by atoms with Crippen molar-refractivity contribution in [3.8, 4) is 29.1 Å². The van der Waals surface area contributed by atoms with Crippen LogP contribution >= 0.6 is 0 Å². The van der Waals surface area contributed by atoms with E-state index in [0.29, 0.717) is 29.4 Å². The minimum atomic E-state index is 0.276. The van der Waals surface area contributed by atoms with Crippen molar-refractivity contribution in [1.82, 2.24) is 0 Å². The zero-order valence-electron chi connectivity index (χ0n) is 13.0. The van der Waals surface area contributed by atoms with Gasteiger partial charge in [0.2, 0.25) is 6.54 Å². The minimum Gasteiger partial charge on any atom is -0.493 e. The van der Waals surface area contributed by atoms with Gasteiger partial charge in [-0.15, -0.1) is 0 Å². The van der Waals surface area contributed by atoms with Crippen LogP contribution in [0.1, 0.15) is 11.1 Å². The van der Waals surface area contributed by atoms with Gasteiger partial charge in [-0.05, 0) is 35.9 Å². The van der Waals surface area contributed by atoms with Crippen LogP contribution in [0.25, 0.3) is 4.85 Å². The van der Waals surface area contributed by atoms with E-state index in [9.17, 15) is 0 Å². The third-order valence-corrected chi connectivity index (χ3v) is 3.22. The Kier molecular flexibility index (Phi) is 5.44. The normalized spacial score (nSPS) is 9.57. The first-order chi connectivity index (χ1) is 11.2. The maximum atomic E-state index is 8.77. The zero-order valence-corrected chi connectivity index (χ0v) is 13.0. The van der Waals surface area contributed by atoms with E-state index in [1.807, 2.05) is 12.1 Å². The fraction of sp³-hybridized carbons (Fsp3) is 0.222. The number of rotatable bonds is 6. The molecule has 2 rings (SSSR count). The molecular weight excluding hydrogens is 292 g/mol. The fourth-order valence-corrected chi connectivity index (χ4v) is 2.11. The quantitative estimate of drug-likeness (QED) is 0.757. The number of hydrogen-bond donors (Lipinski definition) is 0. The Bertz CT molecular complexity index is 773. The van der Waals surface area contributed by atoms with Gasteiger partial charge in [0.05, 0.1) is 26.7 Å². The van der Waals surface area contributed by atoms with E-state index in [-0.39, 0.29) is 6.54 Å². The van der Waals surface area contributed by atoms with E-state index in [1.165, 1.54) is 0 Å². The van der Waals surface area contributed by atoms with Gasteiger partial charge in [0, 0.05) is 5.56 Å². The summed E-state index contributed by atoms with van der Waals surface area (Å²) >= 11 is 0. The van der Waals surface area contributed by atoms with E-state index in [2.05, 4.69) is 10.9 Å². The SMILES string of the molecule is [C-]#[N+]Cc1ccc(OC)c(Oc2ccc(CC#N)cc2OC)c1. The average Bonchev–Trinajstić information content (AvgIpc) is 2.57. The molecule has 0 bridgehead atoms. The van der Waals surface area contributed by atoms with Crippen molar-refractivity contribution in [2.75, 3.05) is 14.2 Å². The lowest BCUT2D eigenvalue weighted by molar-refractivity contribution is 0.356. The molecule has 0 aliphatic rings. The highest BCUT2D eigenvalue weighted by Crippen LogP contribution is 2.37.